The first kappa shape index (κ1) is 19.5. The van der Waals surface area contributed by atoms with Gasteiger partial charge >= 0.3 is 0 Å². The van der Waals surface area contributed by atoms with Crippen molar-refractivity contribution in [1.82, 2.24) is 10.7 Å². The molecule has 0 spiro atoms. The van der Waals surface area contributed by atoms with Crippen molar-refractivity contribution in [2.75, 3.05) is 4.90 Å². The van der Waals surface area contributed by atoms with Gasteiger partial charge in [0.1, 0.15) is 5.75 Å². The maximum atomic E-state index is 12.7. The molecule has 8 nitrogen and oxygen atoms in total. The molecule has 1 atom stereocenters. The first-order chi connectivity index (χ1) is 13.4. The number of rotatable bonds is 4. The highest BCUT2D eigenvalue weighted by atomic mass is 35.5. The van der Waals surface area contributed by atoms with Crippen LogP contribution in [0.5, 0.6) is 5.75 Å². The highest BCUT2D eigenvalue weighted by Gasteiger charge is 2.38. The van der Waals surface area contributed by atoms with Gasteiger partial charge in [-0.3, -0.25) is 19.3 Å². The summed E-state index contributed by atoms with van der Waals surface area (Å²) in [5, 5.41) is 15.8. The smallest absolute Gasteiger partial charge is 0.271 e. The van der Waals surface area contributed by atoms with Crippen LogP contribution in [0.3, 0.4) is 0 Å². The van der Waals surface area contributed by atoms with E-state index in [9.17, 15) is 19.5 Å². The van der Waals surface area contributed by atoms with Crippen molar-refractivity contribution in [3.8, 4) is 5.75 Å². The van der Waals surface area contributed by atoms with Crippen LogP contribution in [0.1, 0.15) is 10.4 Å². The molecule has 10 heteroatoms. The Morgan fingerprint density at radius 3 is 2.46 bits per heavy atom. The van der Waals surface area contributed by atoms with Gasteiger partial charge in [0, 0.05) is 16.8 Å². The number of hydrogen-bond acceptors (Lipinski definition) is 6. The monoisotopic (exact) mass is 416 g/mol. The minimum absolute atomic E-state index is 0.0165. The molecule has 0 unspecified atom stereocenters. The normalized spacial score (nSPS) is 17.0. The zero-order chi connectivity index (χ0) is 20.3. The van der Waals surface area contributed by atoms with E-state index in [0.29, 0.717) is 10.7 Å². The van der Waals surface area contributed by atoms with Crippen molar-refractivity contribution in [3.63, 3.8) is 0 Å². The average Bonchev–Trinajstić information content (AvgIpc) is 2.66. The van der Waals surface area contributed by atoms with Gasteiger partial charge in [-0.25, -0.2) is 5.43 Å². The number of amides is 3. The molecule has 28 heavy (non-hydrogen) atoms. The third-order valence-electron chi connectivity index (χ3n) is 3.81. The van der Waals surface area contributed by atoms with Gasteiger partial charge < -0.3 is 10.4 Å². The van der Waals surface area contributed by atoms with Crippen LogP contribution in [-0.4, -0.2) is 34.2 Å². The van der Waals surface area contributed by atoms with Crippen LogP contribution in [0.4, 0.5) is 5.69 Å². The van der Waals surface area contributed by atoms with Crippen LogP contribution >= 0.6 is 23.8 Å². The minimum Gasteiger partial charge on any atom is -0.508 e. The first-order valence-corrected chi connectivity index (χ1v) is 8.72. The van der Waals surface area contributed by atoms with Gasteiger partial charge in [-0.05, 0) is 60.7 Å². The largest absolute Gasteiger partial charge is 0.508 e. The molecule has 1 saturated heterocycles. The Bertz CT molecular complexity index is 976. The van der Waals surface area contributed by atoms with E-state index in [2.05, 4.69) is 15.8 Å². The Balaban J connectivity index is 1.74. The number of anilines is 1. The lowest BCUT2D eigenvalue weighted by atomic mass is 10.1. The molecule has 3 amide bonds. The highest BCUT2D eigenvalue weighted by Crippen LogP contribution is 2.22. The van der Waals surface area contributed by atoms with Crippen LogP contribution in [0.15, 0.2) is 53.6 Å². The van der Waals surface area contributed by atoms with E-state index in [-0.39, 0.29) is 16.4 Å². The van der Waals surface area contributed by atoms with E-state index in [0.717, 1.165) is 11.1 Å². The molecule has 142 valence electrons. The van der Waals surface area contributed by atoms with Gasteiger partial charge in [-0.15, -0.1) is 0 Å². The Kier molecular flexibility index (Phi) is 5.67. The number of carbonyl (C=O) groups is 3. The molecule has 1 fully saturated rings. The molecule has 1 aliphatic rings. The van der Waals surface area contributed by atoms with Gasteiger partial charge in [-0.1, -0.05) is 11.6 Å². The second kappa shape index (κ2) is 8.15. The number of aromatic hydroxyl groups is 1. The van der Waals surface area contributed by atoms with Crippen molar-refractivity contribution in [3.05, 3.63) is 59.1 Å². The number of thiocarbonyl (C=S) groups is 1. The number of benzene rings is 2. The van der Waals surface area contributed by atoms with Gasteiger partial charge in [0.05, 0.1) is 5.69 Å². The summed E-state index contributed by atoms with van der Waals surface area (Å²) in [6, 6.07) is 11.9. The summed E-state index contributed by atoms with van der Waals surface area (Å²) in [5.41, 5.74) is 2.91. The van der Waals surface area contributed by atoms with Crippen LogP contribution in [0, 0.1) is 5.92 Å². The Labute approximate surface area is 169 Å². The standard InChI is InChI=1S/C18H13ClN4O4S/c19-11-3-5-12(6-4-11)23-17(27)14(16(26)21-18(23)28)9-20-22-15(25)10-1-7-13(24)8-2-10/h1-9,14,24H,(H,22,25)(H,21,26,28)/b20-9-/t14-/m1/s1. The molecule has 3 rings (SSSR count). The minimum atomic E-state index is -1.28. The molecule has 0 radical (unpaired) electrons. The SMILES string of the molecule is O=C(N/N=C\[C@@H]1C(=O)NC(=S)N(c2ccc(Cl)cc2)C1=O)c1ccc(O)cc1. The van der Waals surface area contributed by atoms with Crippen LogP contribution in [-0.2, 0) is 9.59 Å². The number of halogens is 1. The maximum Gasteiger partial charge on any atom is 0.271 e. The van der Waals surface area contributed by atoms with Gasteiger partial charge in [0.2, 0.25) is 5.91 Å². The van der Waals surface area contributed by atoms with Crippen molar-refractivity contribution in [2.45, 2.75) is 0 Å². The number of phenols is 1. The molecule has 3 N–H and O–H groups in total. The molecule has 2 aromatic rings. The van der Waals surface area contributed by atoms with Gasteiger partial charge in [0.25, 0.3) is 11.8 Å². The van der Waals surface area contributed by atoms with Crippen molar-refractivity contribution in [2.24, 2.45) is 11.0 Å². The number of nitrogens with zero attached hydrogens (tertiary/aromatic N) is 2. The predicted octanol–water partition coefficient (Wildman–Crippen LogP) is 1.83. The van der Waals surface area contributed by atoms with Gasteiger partial charge in [-0.2, -0.15) is 5.10 Å². The number of phenolic OH excluding ortho intramolecular Hbond substituents is 1. The number of nitrogens with one attached hydrogen (secondary N) is 2. The second-order valence-corrected chi connectivity index (χ2v) is 6.51. The third-order valence-corrected chi connectivity index (χ3v) is 4.34. The van der Waals surface area contributed by atoms with E-state index in [1.54, 1.807) is 24.3 Å². The third kappa shape index (κ3) is 4.16. The molecule has 0 aromatic heterocycles. The molecule has 2 aromatic carbocycles. The maximum absolute atomic E-state index is 12.7. The number of hydrazone groups is 1. The highest BCUT2D eigenvalue weighted by molar-refractivity contribution is 7.80. The van der Waals surface area contributed by atoms with Crippen LogP contribution in [0.2, 0.25) is 5.02 Å². The zero-order valence-electron chi connectivity index (χ0n) is 14.1. The summed E-state index contributed by atoms with van der Waals surface area (Å²) >= 11 is 10.9. The van der Waals surface area contributed by atoms with Crippen molar-refractivity contribution in [1.29, 1.82) is 0 Å². The molecule has 0 aliphatic carbocycles. The lowest BCUT2D eigenvalue weighted by Crippen LogP contribution is -2.58. The Morgan fingerprint density at radius 2 is 1.82 bits per heavy atom. The van der Waals surface area contributed by atoms with E-state index in [4.69, 9.17) is 23.8 Å². The summed E-state index contributed by atoms with van der Waals surface area (Å²) in [6.07, 6.45) is 1.03. The van der Waals surface area contributed by atoms with E-state index in [1.807, 2.05) is 0 Å². The lowest BCUT2D eigenvalue weighted by molar-refractivity contribution is -0.130. The summed E-state index contributed by atoms with van der Waals surface area (Å²) < 4.78 is 0. The van der Waals surface area contributed by atoms with E-state index >= 15 is 0 Å². The van der Waals surface area contributed by atoms with E-state index < -0.39 is 23.6 Å². The summed E-state index contributed by atoms with van der Waals surface area (Å²) in [4.78, 5) is 38.0. The number of carbonyl (C=O) groups excluding carboxylic acids is 3. The molecule has 1 aliphatic heterocycles. The Morgan fingerprint density at radius 1 is 1.18 bits per heavy atom. The molecular formula is C18H13ClN4O4S. The molecular weight excluding hydrogens is 404 g/mol. The molecule has 1 heterocycles. The van der Waals surface area contributed by atoms with Gasteiger partial charge in [0.15, 0.2) is 11.0 Å². The first-order valence-electron chi connectivity index (χ1n) is 7.94. The van der Waals surface area contributed by atoms with Crippen LogP contribution < -0.4 is 15.6 Å². The predicted molar refractivity (Wildman–Crippen MR) is 107 cm³/mol. The zero-order valence-corrected chi connectivity index (χ0v) is 15.7. The van der Waals surface area contributed by atoms with Crippen molar-refractivity contribution < 1.29 is 19.5 Å². The Hall–Kier alpha value is -3.30. The fraction of sp³-hybridized carbons (Fsp3) is 0.0556. The van der Waals surface area contributed by atoms with E-state index in [1.165, 1.54) is 24.3 Å². The summed E-state index contributed by atoms with van der Waals surface area (Å²) in [5.74, 6) is -3.09. The second-order valence-electron chi connectivity index (χ2n) is 5.69. The molecule has 0 saturated carbocycles. The summed E-state index contributed by atoms with van der Waals surface area (Å²) in [7, 11) is 0. The average molecular weight is 417 g/mol. The summed E-state index contributed by atoms with van der Waals surface area (Å²) in [6.45, 7) is 0. The quantitative estimate of drug-likeness (QED) is 0.305. The lowest BCUT2D eigenvalue weighted by Gasteiger charge is -2.30. The molecule has 0 bridgehead atoms. The topological polar surface area (TPSA) is 111 Å². The fourth-order valence-electron chi connectivity index (χ4n) is 2.40. The number of hydrogen-bond donors (Lipinski definition) is 3. The van der Waals surface area contributed by atoms with Crippen molar-refractivity contribution >= 4 is 58.6 Å². The fourth-order valence-corrected chi connectivity index (χ4v) is 2.83. The van der Waals surface area contributed by atoms with Crippen LogP contribution in [0.25, 0.3) is 0 Å².